The molecule has 1 unspecified atom stereocenters. The summed E-state index contributed by atoms with van der Waals surface area (Å²) in [6.45, 7) is 5.15. The number of aromatic nitrogens is 2. The molecule has 1 amide bonds. The van der Waals surface area contributed by atoms with Gasteiger partial charge in [0.1, 0.15) is 10.8 Å². The Balaban J connectivity index is 1.69. The second-order valence-corrected chi connectivity index (χ2v) is 6.66. The lowest BCUT2D eigenvalue weighted by molar-refractivity contribution is -0.117. The number of rotatable bonds is 4. The average molecular weight is 316 g/mol. The monoisotopic (exact) mass is 316 g/mol. The summed E-state index contributed by atoms with van der Waals surface area (Å²) in [6.07, 6.45) is 3.79. The second-order valence-electron chi connectivity index (χ2n) is 5.80. The lowest BCUT2D eigenvalue weighted by Crippen LogP contribution is -2.35. The molecule has 1 aliphatic heterocycles. The second kappa shape index (κ2) is 6.54. The van der Waals surface area contributed by atoms with Gasteiger partial charge in [0.05, 0.1) is 6.04 Å². The van der Waals surface area contributed by atoms with Crippen LogP contribution in [0.25, 0.3) is 10.6 Å². The number of anilines is 1. The minimum atomic E-state index is -0.0860. The number of carbonyl (C=O) groups excluding carboxylic acids is 1. The first-order valence-corrected chi connectivity index (χ1v) is 8.47. The SMILES string of the molecule is CC(C)c1ccc(-c2nc(NC(=O)C3CCCN3)cs2)cn1. The van der Waals surface area contributed by atoms with Gasteiger partial charge in [0.25, 0.3) is 0 Å². The minimum absolute atomic E-state index is 0.00244. The third-order valence-electron chi connectivity index (χ3n) is 3.76. The summed E-state index contributed by atoms with van der Waals surface area (Å²) in [6, 6.07) is 3.98. The third kappa shape index (κ3) is 3.34. The zero-order chi connectivity index (χ0) is 15.5. The largest absolute Gasteiger partial charge is 0.309 e. The van der Waals surface area contributed by atoms with E-state index in [-0.39, 0.29) is 11.9 Å². The van der Waals surface area contributed by atoms with Crippen molar-refractivity contribution in [1.29, 1.82) is 0 Å². The Morgan fingerprint density at radius 3 is 2.95 bits per heavy atom. The Kier molecular flexibility index (Phi) is 4.49. The summed E-state index contributed by atoms with van der Waals surface area (Å²) in [7, 11) is 0. The van der Waals surface area contributed by atoms with E-state index in [0.29, 0.717) is 11.7 Å². The van der Waals surface area contributed by atoms with Crippen LogP contribution in [0, 0.1) is 0 Å². The number of carbonyl (C=O) groups is 1. The molecule has 3 heterocycles. The standard InChI is InChI=1S/C16H20N4OS/c1-10(2)12-6-5-11(8-18-12)16-20-14(9-22-16)19-15(21)13-4-3-7-17-13/h5-6,8-10,13,17H,3-4,7H2,1-2H3,(H,19,21). The van der Waals surface area contributed by atoms with Gasteiger partial charge in [-0.05, 0) is 37.4 Å². The topological polar surface area (TPSA) is 66.9 Å². The number of nitrogens with zero attached hydrogens (tertiary/aromatic N) is 2. The molecule has 3 rings (SSSR count). The summed E-state index contributed by atoms with van der Waals surface area (Å²) in [4.78, 5) is 21.0. The summed E-state index contributed by atoms with van der Waals surface area (Å²) in [5, 5.41) is 8.81. The van der Waals surface area contributed by atoms with Crippen LogP contribution in [-0.4, -0.2) is 28.5 Å². The molecule has 1 fully saturated rings. The smallest absolute Gasteiger partial charge is 0.242 e. The van der Waals surface area contributed by atoms with E-state index < -0.39 is 0 Å². The van der Waals surface area contributed by atoms with E-state index >= 15 is 0 Å². The van der Waals surface area contributed by atoms with E-state index in [1.54, 1.807) is 0 Å². The van der Waals surface area contributed by atoms with Crippen LogP contribution in [0.2, 0.25) is 0 Å². The van der Waals surface area contributed by atoms with Gasteiger partial charge in [0, 0.05) is 22.8 Å². The summed E-state index contributed by atoms with van der Waals surface area (Å²) < 4.78 is 0. The molecule has 0 radical (unpaired) electrons. The molecule has 5 nitrogen and oxygen atoms in total. The van der Waals surface area contributed by atoms with Crippen LogP contribution in [0.5, 0.6) is 0 Å². The molecule has 1 atom stereocenters. The van der Waals surface area contributed by atoms with E-state index in [4.69, 9.17) is 0 Å². The first kappa shape index (κ1) is 15.1. The first-order valence-electron chi connectivity index (χ1n) is 7.59. The molecule has 0 aromatic carbocycles. The Labute approximate surface area is 134 Å². The van der Waals surface area contributed by atoms with Gasteiger partial charge in [0.2, 0.25) is 5.91 Å². The van der Waals surface area contributed by atoms with E-state index in [2.05, 4.69) is 34.4 Å². The van der Waals surface area contributed by atoms with Crippen molar-refractivity contribution in [2.24, 2.45) is 0 Å². The molecule has 1 saturated heterocycles. The fourth-order valence-electron chi connectivity index (χ4n) is 2.46. The number of nitrogens with one attached hydrogen (secondary N) is 2. The first-order chi connectivity index (χ1) is 10.6. The zero-order valence-corrected chi connectivity index (χ0v) is 13.6. The highest BCUT2D eigenvalue weighted by Gasteiger charge is 2.22. The molecule has 2 aromatic rings. The van der Waals surface area contributed by atoms with Crippen molar-refractivity contribution in [3.63, 3.8) is 0 Å². The molecular weight excluding hydrogens is 296 g/mol. The quantitative estimate of drug-likeness (QED) is 0.910. The molecule has 2 N–H and O–H groups in total. The Morgan fingerprint density at radius 2 is 2.32 bits per heavy atom. The number of amides is 1. The maximum Gasteiger partial charge on any atom is 0.242 e. The highest BCUT2D eigenvalue weighted by Crippen LogP contribution is 2.26. The summed E-state index contributed by atoms with van der Waals surface area (Å²) in [5.74, 6) is 1.04. The van der Waals surface area contributed by atoms with Gasteiger partial charge in [-0.15, -0.1) is 11.3 Å². The van der Waals surface area contributed by atoms with Crippen molar-refractivity contribution in [3.8, 4) is 10.6 Å². The fraction of sp³-hybridized carbons (Fsp3) is 0.438. The van der Waals surface area contributed by atoms with Crippen LogP contribution in [0.4, 0.5) is 5.82 Å². The lowest BCUT2D eigenvalue weighted by atomic mass is 10.1. The molecule has 1 aliphatic rings. The van der Waals surface area contributed by atoms with Crippen molar-refractivity contribution in [2.75, 3.05) is 11.9 Å². The normalized spacial score (nSPS) is 17.9. The van der Waals surface area contributed by atoms with E-state index in [0.717, 1.165) is 35.7 Å². The summed E-state index contributed by atoms with van der Waals surface area (Å²) in [5.41, 5.74) is 2.05. The Bertz CT molecular complexity index is 644. The van der Waals surface area contributed by atoms with Crippen LogP contribution in [-0.2, 0) is 4.79 Å². The maximum atomic E-state index is 12.1. The van der Waals surface area contributed by atoms with Crippen molar-refractivity contribution in [1.82, 2.24) is 15.3 Å². The van der Waals surface area contributed by atoms with Crippen LogP contribution in [0.3, 0.4) is 0 Å². The number of hydrogen-bond acceptors (Lipinski definition) is 5. The van der Waals surface area contributed by atoms with Crippen molar-refractivity contribution in [3.05, 3.63) is 29.4 Å². The Morgan fingerprint density at radius 1 is 1.45 bits per heavy atom. The molecule has 22 heavy (non-hydrogen) atoms. The maximum absolute atomic E-state index is 12.1. The van der Waals surface area contributed by atoms with Gasteiger partial charge in [-0.1, -0.05) is 13.8 Å². The fourth-order valence-corrected chi connectivity index (χ4v) is 3.20. The molecule has 0 aliphatic carbocycles. The predicted molar refractivity (Wildman–Crippen MR) is 89.1 cm³/mol. The number of thiazole rings is 1. The molecule has 0 spiro atoms. The molecule has 0 saturated carbocycles. The molecule has 0 bridgehead atoms. The molecule has 116 valence electrons. The number of hydrogen-bond donors (Lipinski definition) is 2. The summed E-state index contributed by atoms with van der Waals surface area (Å²) >= 11 is 1.52. The van der Waals surface area contributed by atoms with Crippen molar-refractivity contribution >= 4 is 23.1 Å². The van der Waals surface area contributed by atoms with Gasteiger partial charge >= 0.3 is 0 Å². The van der Waals surface area contributed by atoms with E-state index in [1.807, 2.05) is 23.7 Å². The van der Waals surface area contributed by atoms with Crippen LogP contribution in [0.1, 0.15) is 38.3 Å². The molecule has 6 heteroatoms. The predicted octanol–water partition coefficient (Wildman–Crippen LogP) is 3.02. The minimum Gasteiger partial charge on any atom is -0.309 e. The van der Waals surface area contributed by atoms with E-state index in [1.165, 1.54) is 11.3 Å². The van der Waals surface area contributed by atoms with Gasteiger partial charge < -0.3 is 10.6 Å². The zero-order valence-electron chi connectivity index (χ0n) is 12.8. The van der Waals surface area contributed by atoms with Gasteiger partial charge in [-0.2, -0.15) is 0 Å². The van der Waals surface area contributed by atoms with Gasteiger partial charge in [-0.3, -0.25) is 9.78 Å². The van der Waals surface area contributed by atoms with Gasteiger partial charge in [-0.25, -0.2) is 4.98 Å². The highest BCUT2D eigenvalue weighted by atomic mass is 32.1. The average Bonchev–Trinajstić information content (AvgIpc) is 3.19. The molecular formula is C16H20N4OS. The van der Waals surface area contributed by atoms with Crippen LogP contribution in [0.15, 0.2) is 23.7 Å². The third-order valence-corrected chi connectivity index (χ3v) is 4.65. The number of pyridine rings is 1. The van der Waals surface area contributed by atoms with Crippen LogP contribution < -0.4 is 10.6 Å². The van der Waals surface area contributed by atoms with Crippen molar-refractivity contribution in [2.45, 2.75) is 38.6 Å². The van der Waals surface area contributed by atoms with Crippen molar-refractivity contribution < 1.29 is 4.79 Å². The van der Waals surface area contributed by atoms with Crippen LogP contribution >= 0.6 is 11.3 Å². The van der Waals surface area contributed by atoms with Gasteiger partial charge in [0.15, 0.2) is 0 Å². The Hall–Kier alpha value is -1.79. The lowest BCUT2D eigenvalue weighted by Gasteiger charge is -2.08. The highest BCUT2D eigenvalue weighted by molar-refractivity contribution is 7.13. The van der Waals surface area contributed by atoms with E-state index in [9.17, 15) is 4.79 Å². The molecule has 2 aromatic heterocycles.